The van der Waals surface area contributed by atoms with Gasteiger partial charge in [0.15, 0.2) is 0 Å². The SMILES string of the molecule is CN1CCCC(n2cc[nH]c2=O)C1. The lowest BCUT2D eigenvalue weighted by Gasteiger charge is -2.29. The first kappa shape index (κ1) is 8.56. The van der Waals surface area contributed by atoms with Crippen LogP contribution in [0.5, 0.6) is 0 Å². The quantitative estimate of drug-likeness (QED) is 0.683. The largest absolute Gasteiger partial charge is 0.325 e. The monoisotopic (exact) mass is 181 g/mol. The molecule has 13 heavy (non-hydrogen) atoms. The fourth-order valence-electron chi connectivity index (χ4n) is 1.98. The van der Waals surface area contributed by atoms with Crippen LogP contribution in [-0.2, 0) is 0 Å². The van der Waals surface area contributed by atoms with Gasteiger partial charge in [-0.15, -0.1) is 0 Å². The summed E-state index contributed by atoms with van der Waals surface area (Å²) >= 11 is 0. The van der Waals surface area contributed by atoms with Crippen LogP contribution in [0.15, 0.2) is 17.2 Å². The zero-order valence-corrected chi connectivity index (χ0v) is 7.86. The number of H-pyrrole nitrogens is 1. The van der Waals surface area contributed by atoms with Crippen LogP contribution in [-0.4, -0.2) is 34.6 Å². The normalized spacial score (nSPS) is 24.8. The van der Waals surface area contributed by atoms with E-state index in [1.807, 2.05) is 6.20 Å². The first-order valence-electron chi connectivity index (χ1n) is 4.71. The molecule has 4 heteroatoms. The van der Waals surface area contributed by atoms with Crippen LogP contribution in [0, 0.1) is 0 Å². The van der Waals surface area contributed by atoms with E-state index in [0.29, 0.717) is 6.04 Å². The fourth-order valence-corrected chi connectivity index (χ4v) is 1.98. The molecule has 1 atom stereocenters. The van der Waals surface area contributed by atoms with Crippen LogP contribution in [0.1, 0.15) is 18.9 Å². The molecule has 0 bridgehead atoms. The number of likely N-dealkylation sites (tertiary alicyclic amines) is 1. The maximum absolute atomic E-state index is 11.3. The number of rotatable bonds is 1. The van der Waals surface area contributed by atoms with Crippen LogP contribution < -0.4 is 5.69 Å². The Labute approximate surface area is 77.2 Å². The summed E-state index contributed by atoms with van der Waals surface area (Å²) in [5, 5.41) is 0. The number of hydrogen-bond acceptors (Lipinski definition) is 2. The molecule has 4 nitrogen and oxygen atoms in total. The van der Waals surface area contributed by atoms with Crippen molar-refractivity contribution in [1.82, 2.24) is 14.5 Å². The Hall–Kier alpha value is -1.03. The minimum atomic E-state index is 0.0142. The van der Waals surface area contributed by atoms with Gasteiger partial charge >= 0.3 is 5.69 Å². The van der Waals surface area contributed by atoms with Gasteiger partial charge in [-0.25, -0.2) is 4.79 Å². The van der Waals surface area contributed by atoms with Crippen molar-refractivity contribution in [2.75, 3.05) is 20.1 Å². The second kappa shape index (κ2) is 3.38. The van der Waals surface area contributed by atoms with Crippen molar-refractivity contribution in [1.29, 1.82) is 0 Å². The smallest absolute Gasteiger partial charge is 0.313 e. The van der Waals surface area contributed by atoms with Crippen LogP contribution >= 0.6 is 0 Å². The molecule has 1 fully saturated rings. The molecule has 1 aliphatic rings. The van der Waals surface area contributed by atoms with E-state index < -0.39 is 0 Å². The van der Waals surface area contributed by atoms with E-state index in [0.717, 1.165) is 19.5 Å². The van der Waals surface area contributed by atoms with Crippen molar-refractivity contribution in [2.24, 2.45) is 0 Å². The van der Waals surface area contributed by atoms with Gasteiger partial charge < -0.3 is 9.88 Å². The average Bonchev–Trinajstić information content (AvgIpc) is 2.51. The van der Waals surface area contributed by atoms with Gasteiger partial charge in [0.05, 0.1) is 6.04 Å². The van der Waals surface area contributed by atoms with Crippen molar-refractivity contribution in [3.05, 3.63) is 22.9 Å². The van der Waals surface area contributed by atoms with E-state index in [2.05, 4.69) is 16.9 Å². The first-order valence-corrected chi connectivity index (χ1v) is 4.71. The van der Waals surface area contributed by atoms with Gasteiger partial charge in [0, 0.05) is 18.9 Å². The molecule has 1 unspecified atom stereocenters. The lowest BCUT2D eigenvalue weighted by atomic mass is 10.1. The van der Waals surface area contributed by atoms with Crippen LogP contribution in [0.4, 0.5) is 0 Å². The summed E-state index contributed by atoms with van der Waals surface area (Å²) in [4.78, 5) is 16.3. The molecule has 0 aromatic carbocycles. The molecule has 0 saturated carbocycles. The molecule has 1 aromatic rings. The standard InChI is InChI=1S/C9H15N3O/c1-11-5-2-3-8(7-11)12-6-4-10-9(12)13/h4,6,8H,2-3,5,7H2,1H3,(H,10,13). The van der Waals surface area contributed by atoms with E-state index in [1.54, 1.807) is 10.8 Å². The lowest BCUT2D eigenvalue weighted by molar-refractivity contribution is 0.209. The van der Waals surface area contributed by atoms with Gasteiger partial charge in [0.25, 0.3) is 0 Å². The number of aromatic nitrogens is 2. The molecule has 1 aliphatic heterocycles. The molecule has 0 radical (unpaired) electrons. The molecule has 72 valence electrons. The van der Waals surface area contributed by atoms with Crippen LogP contribution in [0.2, 0.25) is 0 Å². The Bertz CT molecular complexity index is 328. The minimum absolute atomic E-state index is 0.0142. The van der Waals surface area contributed by atoms with Gasteiger partial charge in [-0.2, -0.15) is 0 Å². The number of piperidine rings is 1. The number of hydrogen-bond donors (Lipinski definition) is 1. The Morgan fingerprint density at radius 3 is 3.08 bits per heavy atom. The third kappa shape index (κ3) is 1.67. The van der Waals surface area contributed by atoms with Crippen molar-refractivity contribution < 1.29 is 0 Å². The highest BCUT2D eigenvalue weighted by Crippen LogP contribution is 2.18. The molecular weight excluding hydrogens is 166 g/mol. The topological polar surface area (TPSA) is 41.0 Å². The average molecular weight is 181 g/mol. The number of likely N-dealkylation sites (N-methyl/N-ethyl adjacent to an activating group) is 1. The summed E-state index contributed by atoms with van der Waals surface area (Å²) in [6.07, 6.45) is 5.84. The van der Waals surface area contributed by atoms with E-state index >= 15 is 0 Å². The molecule has 1 saturated heterocycles. The van der Waals surface area contributed by atoms with Crippen LogP contribution in [0.25, 0.3) is 0 Å². The number of nitrogens with zero attached hydrogens (tertiary/aromatic N) is 2. The summed E-state index contributed by atoms with van der Waals surface area (Å²) in [6.45, 7) is 2.13. The zero-order chi connectivity index (χ0) is 9.26. The van der Waals surface area contributed by atoms with E-state index in [-0.39, 0.29) is 5.69 Å². The maximum atomic E-state index is 11.3. The molecular formula is C9H15N3O. The third-order valence-electron chi connectivity index (χ3n) is 2.67. The molecule has 0 amide bonds. The highest BCUT2D eigenvalue weighted by atomic mass is 16.1. The van der Waals surface area contributed by atoms with Gasteiger partial charge in [-0.3, -0.25) is 4.57 Å². The molecule has 1 N–H and O–H groups in total. The summed E-state index contributed by atoms with van der Waals surface area (Å²) in [5.41, 5.74) is 0.0142. The lowest BCUT2D eigenvalue weighted by Crippen LogP contribution is -2.36. The first-order chi connectivity index (χ1) is 6.27. The summed E-state index contributed by atoms with van der Waals surface area (Å²) in [7, 11) is 2.10. The van der Waals surface area contributed by atoms with Gasteiger partial charge in [-0.1, -0.05) is 0 Å². The van der Waals surface area contributed by atoms with Gasteiger partial charge in [0.2, 0.25) is 0 Å². The molecule has 0 spiro atoms. The Kier molecular flexibility index (Phi) is 2.22. The molecule has 2 heterocycles. The second-order valence-electron chi connectivity index (χ2n) is 3.73. The molecule has 2 rings (SSSR count). The van der Waals surface area contributed by atoms with Crippen molar-refractivity contribution in [3.8, 4) is 0 Å². The molecule has 1 aromatic heterocycles. The molecule has 0 aliphatic carbocycles. The summed E-state index contributed by atoms with van der Waals surface area (Å²) in [5.74, 6) is 0. The summed E-state index contributed by atoms with van der Waals surface area (Å²) < 4.78 is 1.80. The van der Waals surface area contributed by atoms with Crippen molar-refractivity contribution in [2.45, 2.75) is 18.9 Å². The van der Waals surface area contributed by atoms with Crippen molar-refractivity contribution in [3.63, 3.8) is 0 Å². The minimum Gasteiger partial charge on any atom is -0.313 e. The van der Waals surface area contributed by atoms with Crippen LogP contribution in [0.3, 0.4) is 0 Å². The van der Waals surface area contributed by atoms with E-state index in [1.165, 1.54) is 6.42 Å². The van der Waals surface area contributed by atoms with E-state index in [4.69, 9.17) is 0 Å². The van der Waals surface area contributed by atoms with Gasteiger partial charge in [-0.05, 0) is 26.4 Å². The number of nitrogens with one attached hydrogen (secondary N) is 1. The number of aromatic amines is 1. The zero-order valence-electron chi connectivity index (χ0n) is 7.86. The Morgan fingerprint density at radius 2 is 2.46 bits per heavy atom. The highest BCUT2D eigenvalue weighted by molar-refractivity contribution is 4.84. The maximum Gasteiger partial charge on any atom is 0.325 e. The van der Waals surface area contributed by atoms with Gasteiger partial charge in [0.1, 0.15) is 0 Å². The predicted octanol–water partition coefficient (Wildman–Crippen LogP) is 0.443. The predicted molar refractivity (Wildman–Crippen MR) is 50.8 cm³/mol. The summed E-state index contributed by atoms with van der Waals surface area (Å²) in [6, 6.07) is 0.359. The fraction of sp³-hybridized carbons (Fsp3) is 0.667. The van der Waals surface area contributed by atoms with Crippen molar-refractivity contribution >= 4 is 0 Å². The highest BCUT2D eigenvalue weighted by Gasteiger charge is 2.19. The number of imidazole rings is 1. The second-order valence-corrected chi connectivity index (χ2v) is 3.73. The third-order valence-corrected chi connectivity index (χ3v) is 2.67. The van der Waals surface area contributed by atoms with E-state index in [9.17, 15) is 4.79 Å². The Balaban J connectivity index is 2.17. The Morgan fingerprint density at radius 1 is 1.62 bits per heavy atom.